The number of hydrogen-bond acceptors (Lipinski definition) is 5. The van der Waals surface area contributed by atoms with Crippen molar-refractivity contribution in [3.63, 3.8) is 0 Å². The van der Waals surface area contributed by atoms with Crippen LogP contribution < -0.4 is 10.2 Å². The summed E-state index contributed by atoms with van der Waals surface area (Å²) in [5.74, 6) is 0.790. The molecule has 1 saturated heterocycles. The first-order chi connectivity index (χ1) is 15.8. The maximum atomic E-state index is 5.29. The molecule has 1 saturated carbocycles. The molecule has 4 aliphatic rings. The highest BCUT2D eigenvalue weighted by molar-refractivity contribution is 7.25. The fourth-order valence-corrected chi connectivity index (χ4v) is 8.95. The van der Waals surface area contributed by atoms with E-state index in [9.17, 15) is 0 Å². The molecule has 2 atom stereocenters. The van der Waals surface area contributed by atoms with Crippen molar-refractivity contribution < 1.29 is 0 Å². The molecule has 2 bridgehead atoms. The van der Waals surface area contributed by atoms with Gasteiger partial charge in [-0.15, -0.1) is 22.7 Å². The Bertz CT molecular complexity index is 1200. The van der Waals surface area contributed by atoms with Crippen molar-refractivity contribution >= 4 is 64.2 Å². The lowest BCUT2D eigenvalue weighted by atomic mass is 9.90. The molecular weight excluding hydrogens is 430 g/mol. The van der Waals surface area contributed by atoms with Gasteiger partial charge in [-0.05, 0) is 80.4 Å². The number of nitrogens with one attached hydrogen (secondary N) is 1. The number of anilines is 2. The van der Waals surface area contributed by atoms with Crippen LogP contribution in [0.1, 0.15) is 82.6 Å². The van der Waals surface area contributed by atoms with Gasteiger partial charge in [-0.3, -0.25) is 0 Å². The fraction of sp³-hybridized carbons (Fsp3) is 0.593. The van der Waals surface area contributed by atoms with Gasteiger partial charge in [0.05, 0.1) is 11.9 Å². The SMILES string of the molecule is c1c2sc3c(c2cc2sc4c(c12)CC1CCCCCCC(=N4)C1)N1CCCCCCC1N3. The van der Waals surface area contributed by atoms with Gasteiger partial charge in [0.2, 0.25) is 0 Å². The number of benzene rings is 1. The van der Waals surface area contributed by atoms with Crippen molar-refractivity contribution in [3.8, 4) is 0 Å². The Kier molecular flexibility index (Phi) is 4.97. The molecule has 3 aromatic rings. The van der Waals surface area contributed by atoms with Crippen LogP contribution in [0.15, 0.2) is 17.1 Å². The van der Waals surface area contributed by atoms with E-state index in [2.05, 4.69) is 22.3 Å². The quantitative estimate of drug-likeness (QED) is 0.361. The topological polar surface area (TPSA) is 27.6 Å². The Labute approximate surface area is 198 Å². The normalized spacial score (nSPS) is 26.0. The summed E-state index contributed by atoms with van der Waals surface area (Å²) in [5, 5.41) is 9.60. The predicted octanol–water partition coefficient (Wildman–Crippen LogP) is 8.63. The molecule has 2 aromatic heterocycles. The molecule has 168 valence electrons. The summed E-state index contributed by atoms with van der Waals surface area (Å²) in [6.07, 6.45) is 17.8. The summed E-state index contributed by atoms with van der Waals surface area (Å²) in [4.78, 5) is 7.99. The summed E-state index contributed by atoms with van der Waals surface area (Å²) >= 11 is 3.94. The second-order valence-electron chi connectivity index (χ2n) is 10.5. The Morgan fingerprint density at radius 1 is 0.844 bits per heavy atom. The number of fused-ring (bicyclic) bond motifs is 10. The van der Waals surface area contributed by atoms with Crippen molar-refractivity contribution in [2.75, 3.05) is 16.8 Å². The molecule has 3 nitrogen and oxygen atoms in total. The predicted molar refractivity (Wildman–Crippen MR) is 142 cm³/mol. The molecule has 0 radical (unpaired) electrons. The summed E-state index contributed by atoms with van der Waals surface area (Å²) < 4.78 is 2.92. The van der Waals surface area contributed by atoms with Crippen molar-refractivity contribution in [1.82, 2.24) is 0 Å². The molecule has 5 heteroatoms. The monoisotopic (exact) mass is 463 g/mol. The van der Waals surface area contributed by atoms with E-state index in [1.807, 2.05) is 22.7 Å². The van der Waals surface area contributed by atoms with Crippen molar-refractivity contribution in [2.45, 2.75) is 89.6 Å². The van der Waals surface area contributed by atoms with Crippen LogP contribution in [0.25, 0.3) is 20.2 Å². The van der Waals surface area contributed by atoms with Gasteiger partial charge >= 0.3 is 0 Å². The van der Waals surface area contributed by atoms with E-state index in [1.165, 1.54) is 132 Å². The lowest BCUT2D eigenvalue weighted by Gasteiger charge is -2.29. The summed E-state index contributed by atoms with van der Waals surface area (Å²) in [6, 6.07) is 5.04. The Morgan fingerprint density at radius 2 is 1.66 bits per heavy atom. The van der Waals surface area contributed by atoms with E-state index in [0.29, 0.717) is 6.17 Å². The number of thiophene rings is 2. The smallest absolute Gasteiger partial charge is 0.120 e. The average Bonchev–Trinajstić information content (AvgIpc) is 3.36. The van der Waals surface area contributed by atoms with Crippen LogP contribution in [0.2, 0.25) is 0 Å². The minimum atomic E-state index is 0.513. The first-order valence-electron chi connectivity index (χ1n) is 12.9. The molecule has 7 rings (SSSR count). The van der Waals surface area contributed by atoms with Crippen LogP contribution in [0.3, 0.4) is 0 Å². The lowest BCUT2D eigenvalue weighted by molar-refractivity contribution is 0.476. The number of rotatable bonds is 0. The number of aliphatic imine (C=N–C) groups is 1. The van der Waals surface area contributed by atoms with Gasteiger partial charge in [0.25, 0.3) is 0 Å². The van der Waals surface area contributed by atoms with E-state index in [4.69, 9.17) is 4.99 Å². The fourth-order valence-electron chi connectivity index (χ4n) is 6.60. The average molecular weight is 464 g/mol. The van der Waals surface area contributed by atoms with Gasteiger partial charge in [0.1, 0.15) is 10.0 Å². The largest absolute Gasteiger partial charge is 0.355 e. The first kappa shape index (κ1) is 19.8. The van der Waals surface area contributed by atoms with Crippen LogP contribution >= 0.6 is 22.7 Å². The first-order valence-corrected chi connectivity index (χ1v) is 14.6. The zero-order valence-corrected chi connectivity index (χ0v) is 20.6. The van der Waals surface area contributed by atoms with Gasteiger partial charge in [-0.2, -0.15) is 0 Å². The number of nitrogens with zero attached hydrogens (tertiary/aromatic N) is 2. The Balaban J connectivity index is 1.34. The standard InChI is InChI=1S/C27H33N3S2/c1-2-6-10-18-13-17(9-5-1)14-20-19-15-23-21(16-22(19)31-26(20)28-18)25-27(32-23)29-24-11-7-3-4-8-12-30(24)25/h15-17,24,29H,1-14H2. The highest BCUT2D eigenvalue weighted by Gasteiger charge is 2.33. The molecule has 1 aromatic carbocycles. The molecule has 1 N–H and O–H groups in total. The summed E-state index contributed by atoms with van der Waals surface area (Å²) in [6.45, 7) is 1.20. The molecule has 5 heterocycles. The highest BCUT2D eigenvalue weighted by Crippen LogP contribution is 2.52. The van der Waals surface area contributed by atoms with Gasteiger partial charge in [0.15, 0.2) is 0 Å². The molecule has 0 spiro atoms. The van der Waals surface area contributed by atoms with Gasteiger partial charge in [0, 0.05) is 27.0 Å². The Hall–Kier alpha value is -1.59. The van der Waals surface area contributed by atoms with Crippen LogP contribution in [0.4, 0.5) is 15.7 Å². The van der Waals surface area contributed by atoms with Crippen molar-refractivity contribution in [2.24, 2.45) is 10.9 Å². The van der Waals surface area contributed by atoms with E-state index < -0.39 is 0 Å². The van der Waals surface area contributed by atoms with E-state index in [-0.39, 0.29) is 0 Å². The van der Waals surface area contributed by atoms with Crippen molar-refractivity contribution in [1.29, 1.82) is 0 Å². The zero-order chi connectivity index (χ0) is 21.1. The molecule has 3 aliphatic heterocycles. The Morgan fingerprint density at radius 3 is 2.62 bits per heavy atom. The van der Waals surface area contributed by atoms with E-state index >= 15 is 0 Å². The highest BCUT2D eigenvalue weighted by atomic mass is 32.1. The van der Waals surface area contributed by atoms with E-state index in [1.54, 1.807) is 5.56 Å². The molecule has 0 amide bonds. The summed E-state index contributed by atoms with van der Waals surface area (Å²) in [5.41, 5.74) is 4.53. The molecule has 1 aliphatic carbocycles. The molecule has 2 unspecified atom stereocenters. The second kappa shape index (κ2) is 8.02. The third-order valence-electron chi connectivity index (χ3n) is 8.25. The maximum absolute atomic E-state index is 5.29. The van der Waals surface area contributed by atoms with Crippen molar-refractivity contribution in [3.05, 3.63) is 17.7 Å². The van der Waals surface area contributed by atoms with Gasteiger partial charge in [-0.1, -0.05) is 32.1 Å². The van der Waals surface area contributed by atoms with Crippen LogP contribution in [-0.4, -0.2) is 18.4 Å². The lowest BCUT2D eigenvalue weighted by Crippen LogP contribution is -2.37. The second-order valence-corrected chi connectivity index (χ2v) is 12.6. The van der Waals surface area contributed by atoms with Crippen LogP contribution in [0.5, 0.6) is 0 Å². The molecule has 2 fully saturated rings. The van der Waals surface area contributed by atoms with Crippen LogP contribution in [0, 0.1) is 5.92 Å². The van der Waals surface area contributed by atoms with E-state index in [0.717, 1.165) is 5.92 Å². The van der Waals surface area contributed by atoms with Crippen LogP contribution in [-0.2, 0) is 6.42 Å². The third kappa shape index (κ3) is 3.30. The zero-order valence-electron chi connectivity index (χ0n) is 18.9. The molecular formula is C27H33N3S2. The summed E-state index contributed by atoms with van der Waals surface area (Å²) in [7, 11) is 0. The maximum Gasteiger partial charge on any atom is 0.120 e. The third-order valence-corrected chi connectivity index (χ3v) is 10.4. The number of hydrogen-bond donors (Lipinski definition) is 1. The van der Waals surface area contributed by atoms with Gasteiger partial charge < -0.3 is 10.2 Å². The minimum Gasteiger partial charge on any atom is -0.355 e. The van der Waals surface area contributed by atoms with Gasteiger partial charge in [-0.25, -0.2) is 4.99 Å². The molecule has 32 heavy (non-hydrogen) atoms. The minimum absolute atomic E-state index is 0.513.